The molecular formula is C9H18NO5P. The number of esters is 1. The summed E-state index contributed by atoms with van der Waals surface area (Å²) in [7, 11) is -3.96. The van der Waals surface area contributed by atoms with Gasteiger partial charge in [-0.3, -0.25) is 9.36 Å². The number of hydrogen-bond donors (Lipinski definition) is 3. The van der Waals surface area contributed by atoms with E-state index in [0.29, 0.717) is 0 Å². The lowest BCUT2D eigenvalue weighted by molar-refractivity contribution is -0.149. The molecule has 1 rings (SSSR count). The van der Waals surface area contributed by atoms with Gasteiger partial charge in [0.1, 0.15) is 0 Å². The van der Waals surface area contributed by atoms with E-state index in [9.17, 15) is 9.36 Å². The highest BCUT2D eigenvalue weighted by atomic mass is 31.2. The third-order valence-electron chi connectivity index (χ3n) is 2.51. The summed E-state index contributed by atoms with van der Waals surface area (Å²) in [6.45, 7) is 1.73. The fourth-order valence-corrected chi connectivity index (χ4v) is 2.16. The first kappa shape index (κ1) is 13.6. The summed E-state index contributed by atoms with van der Waals surface area (Å²) in [4.78, 5) is 28.7. The number of nitrogens with one attached hydrogen (secondary N) is 1. The molecule has 0 spiro atoms. The van der Waals surface area contributed by atoms with Gasteiger partial charge >= 0.3 is 13.6 Å². The second-order valence-electron chi connectivity index (χ2n) is 3.93. The predicted molar refractivity (Wildman–Crippen MR) is 58.1 cm³/mol. The average molecular weight is 251 g/mol. The van der Waals surface area contributed by atoms with E-state index in [1.54, 1.807) is 0 Å². The molecule has 0 unspecified atom stereocenters. The van der Waals surface area contributed by atoms with Gasteiger partial charge in [-0.15, -0.1) is 0 Å². The predicted octanol–water partition coefficient (Wildman–Crippen LogP) is 0.0970. The highest BCUT2D eigenvalue weighted by molar-refractivity contribution is 7.51. The summed E-state index contributed by atoms with van der Waals surface area (Å²) in [5.41, 5.74) is 0. The molecule has 0 bridgehead atoms. The Labute approximate surface area is 94.5 Å². The van der Waals surface area contributed by atoms with E-state index < -0.39 is 7.60 Å². The Kier molecular flexibility index (Phi) is 5.41. The highest BCUT2D eigenvalue weighted by Crippen LogP contribution is 2.34. The van der Waals surface area contributed by atoms with Crippen LogP contribution < -0.4 is 5.32 Å². The van der Waals surface area contributed by atoms with Gasteiger partial charge in [0.25, 0.3) is 0 Å². The van der Waals surface area contributed by atoms with Crippen LogP contribution in [0.1, 0.15) is 19.3 Å². The number of rotatable bonds is 5. The van der Waals surface area contributed by atoms with E-state index in [0.717, 1.165) is 25.9 Å². The Morgan fingerprint density at radius 1 is 1.38 bits per heavy atom. The third kappa shape index (κ3) is 5.61. The molecule has 16 heavy (non-hydrogen) atoms. The van der Waals surface area contributed by atoms with Crippen molar-refractivity contribution in [3.63, 3.8) is 0 Å². The Morgan fingerprint density at radius 2 is 2.00 bits per heavy atom. The van der Waals surface area contributed by atoms with Gasteiger partial charge in [0.15, 0.2) is 0 Å². The zero-order chi connectivity index (χ0) is 12.0. The molecule has 7 heteroatoms. The van der Waals surface area contributed by atoms with Crippen molar-refractivity contribution >= 4 is 13.6 Å². The van der Waals surface area contributed by atoms with Gasteiger partial charge in [0, 0.05) is 0 Å². The minimum atomic E-state index is -3.96. The molecule has 1 fully saturated rings. The molecule has 3 N–H and O–H groups in total. The van der Waals surface area contributed by atoms with Crippen LogP contribution in [-0.2, 0) is 14.1 Å². The zero-order valence-corrected chi connectivity index (χ0v) is 9.99. The molecule has 0 atom stereocenters. The Bertz CT molecular complexity index is 271. The van der Waals surface area contributed by atoms with E-state index in [2.05, 4.69) is 5.32 Å². The SMILES string of the molecule is O=C(OCCCP(=O)(O)O)C1CCNCC1. The van der Waals surface area contributed by atoms with Crippen molar-refractivity contribution in [2.75, 3.05) is 25.9 Å². The molecule has 6 nitrogen and oxygen atoms in total. The van der Waals surface area contributed by atoms with Crippen molar-refractivity contribution in [2.24, 2.45) is 5.92 Å². The fraction of sp³-hybridized carbons (Fsp3) is 0.889. The summed E-state index contributed by atoms with van der Waals surface area (Å²) in [6.07, 6.45) is 1.53. The van der Waals surface area contributed by atoms with Crippen molar-refractivity contribution < 1.29 is 23.9 Å². The molecule has 0 radical (unpaired) electrons. The average Bonchev–Trinajstić information content (AvgIpc) is 2.24. The topological polar surface area (TPSA) is 95.9 Å². The number of hydrogen-bond acceptors (Lipinski definition) is 4. The molecular weight excluding hydrogens is 233 g/mol. The van der Waals surface area contributed by atoms with Crippen LogP contribution in [0.2, 0.25) is 0 Å². The molecule has 0 amide bonds. The first-order valence-electron chi connectivity index (χ1n) is 5.41. The maximum atomic E-state index is 11.5. The number of ether oxygens (including phenoxy) is 1. The van der Waals surface area contributed by atoms with Gasteiger partial charge in [-0.25, -0.2) is 0 Å². The zero-order valence-electron chi connectivity index (χ0n) is 9.09. The van der Waals surface area contributed by atoms with E-state index in [4.69, 9.17) is 14.5 Å². The Balaban J connectivity index is 2.12. The molecule has 1 saturated heterocycles. The van der Waals surface area contributed by atoms with Crippen LogP contribution in [-0.4, -0.2) is 41.6 Å². The smallest absolute Gasteiger partial charge is 0.325 e. The van der Waals surface area contributed by atoms with Crippen LogP contribution >= 0.6 is 7.60 Å². The van der Waals surface area contributed by atoms with E-state index >= 15 is 0 Å². The first-order valence-corrected chi connectivity index (χ1v) is 7.21. The third-order valence-corrected chi connectivity index (χ3v) is 3.41. The molecule has 1 aliphatic rings. The molecule has 1 heterocycles. The van der Waals surface area contributed by atoms with Crippen molar-refractivity contribution in [3.05, 3.63) is 0 Å². The monoisotopic (exact) mass is 251 g/mol. The lowest BCUT2D eigenvalue weighted by Gasteiger charge is -2.20. The van der Waals surface area contributed by atoms with Crippen LogP contribution in [0.15, 0.2) is 0 Å². The van der Waals surface area contributed by atoms with Crippen LogP contribution in [0.25, 0.3) is 0 Å². The van der Waals surface area contributed by atoms with Gasteiger partial charge in [0.05, 0.1) is 18.7 Å². The summed E-state index contributed by atoms with van der Waals surface area (Å²) in [6, 6.07) is 0. The van der Waals surface area contributed by atoms with E-state index in [1.807, 2.05) is 0 Å². The first-order chi connectivity index (χ1) is 7.49. The fourth-order valence-electron chi connectivity index (χ4n) is 1.62. The molecule has 0 aromatic heterocycles. The minimum absolute atomic E-state index is 0.0590. The summed E-state index contributed by atoms with van der Waals surface area (Å²) < 4.78 is 15.5. The van der Waals surface area contributed by atoms with Crippen molar-refractivity contribution in [1.82, 2.24) is 5.32 Å². The molecule has 0 saturated carbocycles. The van der Waals surface area contributed by atoms with Gasteiger partial charge in [-0.1, -0.05) is 0 Å². The van der Waals surface area contributed by atoms with Crippen LogP contribution in [0.4, 0.5) is 0 Å². The van der Waals surface area contributed by atoms with Gasteiger partial charge < -0.3 is 19.8 Å². The van der Waals surface area contributed by atoms with E-state index in [1.165, 1.54) is 0 Å². The molecule has 94 valence electrons. The Hall–Kier alpha value is -0.420. The van der Waals surface area contributed by atoms with Crippen molar-refractivity contribution in [3.8, 4) is 0 Å². The largest absolute Gasteiger partial charge is 0.465 e. The van der Waals surface area contributed by atoms with Gasteiger partial charge in [-0.2, -0.15) is 0 Å². The lowest BCUT2D eigenvalue weighted by Crippen LogP contribution is -2.32. The lowest BCUT2D eigenvalue weighted by atomic mass is 9.99. The number of carbonyl (C=O) groups excluding carboxylic acids is 1. The normalized spacial score (nSPS) is 18.4. The standard InChI is InChI=1S/C9H18NO5P/c11-9(8-2-4-10-5-3-8)15-6-1-7-16(12,13)14/h8,10H,1-7H2,(H2,12,13,14). The van der Waals surface area contributed by atoms with Crippen LogP contribution in [0.5, 0.6) is 0 Å². The second kappa shape index (κ2) is 6.35. The quantitative estimate of drug-likeness (QED) is 0.364. The second-order valence-corrected chi connectivity index (χ2v) is 5.71. The van der Waals surface area contributed by atoms with Gasteiger partial charge in [-0.05, 0) is 32.4 Å². The van der Waals surface area contributed by atoms with Crippen LogP contribution in [0, 0.1) is 5.92 Å². The summed E-state index contributed by atoms with van der Waals surface area (Å²) in [5, 5.41) is 3.15. The molecule has 0 aliphatic carbocycles. The minimum Gasteiger partial charge on any atom is -0.465 e. The highest BCUT2D eigenvalue weighted by Gasteiger charge is 2.22. The maximum Gasteiger partial charge on any atom is 0.325 e. The van der Waals surface area contributed by atoms with Crippen molar-refractivity contribution in [1.29, 1.82) is 0 Å². The van der Waals surface area contributed by atoms with Gasteiger partial charge in [0.2, 0.25) is 0 Å². The molecule has 1 aliphatic heterocycles. The van der Waals surface area contributed by atoms with Crippen LogP contribution in [0.3, 0.4) is 0 Å². The summed E-state index contributed by atoms with van der Waals surface area (Å²) in [5.74, 6) is -0.302. The van der Waals surface area contributed by atoms with Crippen molar-refractivity contribution in [2.45, 2.75) is 19.3 Å². The van der Waals surface area contributed by atoms with E-state index in [-0.39, 0.29) is 31.1 Å². The number of piperidine rings is 1. The Morgan fingerprint density at radius 3 is 2.56 bits per heavy atom. The number of carbonyl (C=O) groups is 1. The molecule has 0 aromatic carbocycles. The molecule has 0 aromatic rings. The maximum absolute atomic E-state index is 11.5. The summed E-state index contributed by atoms with van der Waals surface area (Å²) >= 11 is 0.